The molecule has 2 amide bonds. The molecule has 0 spiro atoms. The van der Waals surface area contributed by atoms with E-state index in [2.05, 4.69) is 31.7 Å². The van der Waals surface area contributed by atoms with Crippen molar-refractivity contribution in [2.24, 2.45) is 21.7 Å². The van der Waals surface area contributed by atoms with E-state index in [4.69, 9.17) is 22.3 Å². The number of amides is 2. The molecule has 0 aromatic heterocycles. The highest BCUT2D eigenvalue weighted by Gasteiger charge is 2.04. The minimum atomic E-state index is -0.330. The lowest BCUT2D eigenvalue weighted by Gasteiger charge is -2.09. The Kier molecular flexibility index (Phi) is 8.08. The molecule has 31 heavy (non-hydrogen) atoms. The first-order chi connectivity index (χ1) is 14.7. The second kappa shape index (κ2) is 11.0. The number of hydrazone groups is 2. The summed E-state index contributed by atoms with van der Waals surface area (Å²) in [6.45, 7) is 3.94. The van der Waals surface area contributed by atoms with Gasteiger partial charge in [0.15, 0.2) is 0 Å². The topological polar surface area (TPSA) is 190 Å². The van der Waals surface area contributed by atoms with Crippen LogP contribution in [0.1, 0.15) is 30.5 Å². The summed E-state index contributed by atoms with van der Waals surface area (Å²) >= 11 is 0. The van der Waals surface area contributed by atoms with E-state index in [0.29, 0.717) is 23.7 Å². The number of hydrogen-bond donors (Lipinski definition) is 8. The van der Waals surface area contributed by atoms with E-state index < -0.39 is 0 Å². The van der Waals surface area contributed by atoms with Crippen LogP contribution >= 0.6 is 0 Å². The molecular formula is C20H26N10O. The zero-order chi connectivity index (χ0) is 22.8. The Morgan fingerprint density at radius 1 is 0.839 bits per heavy atom. The van der Waals surface area contributed by atoms with Gasteiger partial charge in [-0.1, -0.05) is 36.4 Å². The maximum absolute atomic E-state index is 12.2. The van der Waals surface area contributed by atoms with Crippen LogP contribution in [0.5, 0.6) is 0 Å². The quantitative estimate of drug-likeness (QED) is 0.190. The molecule has 0 saturated carbocycles. The number of carbonyl (C=O) groups is 1. The number of hydrogen-bond acceptors (Lipinski definition) is 5. The first kappa shape index (κ1) is 22.9. The summed E-state index contributed by atoms with van der Waals surface area (Å²) in [5.41, 5.74) is 19.8. The summed E-state index contributed by atoms with van der Waals surface area (Å²) in [6.07, 6.45) is 0. The summed E-state index contributed by atoms with van der Waals surface area (Å²) < 4.78 is 0. The van der Waals surface area contributed by atoms with Crippen LogP contribution in [0.15, 0.2) is 58.7 Å². The highest BCUT2D eigenvalue weighted by atomic mass is 16.2. The Labute approximate surface area is 180 Å². The zero-order valence-electron chi connectivity index (χ0n) is 17.3. The fraction of sp³-hybridized carbons (Fsp3) is 0.150. The predicted octanol–water partition coefficient (Wildman–Crippen LogP) is 1.42. The van der Waals surface area contributed by atoms with Crippen molar-refractivity contribution in [3.63, 3.8) is 0 Å². The largest absolute Gasteiger partial charge is 0.369 e. The van der Waals surface area contributed by atoms with E-state index in [9.17, 15) is 4.79 Å². The van der Waals surface area contributed by atoms with Gasteiger partial charge in [-0.2, -0.15) is 10.2 Å². The van der Waals surface area contributed by atoms with Crippen molar-refractivity contribution in [3.05, 3.63) is 65.2 Å². The normalized spacial score (nSPS) is 11.4. The van der Waals surface area contributed by atoms with Gasteiger partial charge in [0.05, 0.1) is 11.4 Å². The second-order valence-electron chi connectivity index (χ2n) is 6.53. The minimum Gasteiger partial charge on any atom is -0.369 e. The van der Waals surface area contributed by atoms with E-state index in [0.717, 1.165) is 16.7 Å². The summed E-state index contributed by atoms with van der Waals surface area (Å²) in [6, 6.07) is 14.3. The van der Waals surface area contributed by atoms with Crippen LogP contribution in [0, 0.1) is 10.8 Å². The van der Waals surface area contributed by atoms with Crippen LogP contribution in [-0.4, -0.2) is 29.4 Å². The number of nitrogens with zero attached hydrogens (tertiary/aromatic N) is 2. The number of nitrogens with one attached hydrogen (secondary N) is 6. The summed E-state index contributed by atoms with van der Waals surface area (Å²) in [5, 5.41) is 27.8. The van der Waals surface area contributed by atoms with Gasteiger partial charge in [0, 0.05) is 12.2 Å². The fourth-order valence-electron chi connectivity index (χ4n) is 2.43. The molecule has 0 unspecified atom stereocenters. The smallest absolute Gasteiger partial charge is 0.319 e. The molecule has 2 rings (SSSR count). The average Bonchev–Trinajstić information content (AvgIpc) is 2.75. The number of carbonyl (C=O) groups excluding carboxylic acids is 1. The van der Waals surface area contributed by atoms with E-state index >= 15 is 0 Å². The van der Waals surface area contributed by atoms with Crippen LogP contribution in [-0.2, 0) is 6.54 Å². The molecule has 0 aliphatic rings. The standard InChI is InChI=1S/C20H26N10O/c1-12(27-29-18(21)22)15-5-3-14(4-6-15)11-25-20(31)26-17-9-7-16(8-10-17)13(2)28-30-19(23)24/h3-10H,11H2,1-2H3,(H4,21,22,29)(H4,23,24,30)(H2,25,26,31)/b27-12+,28-13+. The molecule has 0 aliphatic heterocycles. The number of nitrogens with two attached hydrogens (primary N) is 2. The summed E-state index contributed by atoms with van der Waals surface area (Å²) in [4.78, 5) is 12.2. The van der Waals surface area contributed by atoms with Gasteiger partial charge in [-0.25, -0.2) is 15.6 Å². The maximum Gasteiger partial charge on any atom is 0.319 e. The Bertz CT molecular complexity index is 994. The molecule has 11 nitrogen and oxygen atoms in total. The predicted molar refractivity (Wildman–Crippen MR) is 123 cm³/mol. The minimum absolute atomic E-state index is 0.228. The van der Waals surface area contributed by atoms with E-state index in [1.54, 1.807) is 38.1 Å². The summed E-state index contributed by atoms with van der Waals surface area (Å²) in [5.74, 6) is -0.466. The highest BCUT2D eigenvalue weighted by Crippen LogP contribution is 2.11. The third-order valence-corrected chi connectivity index (χ3v) is 4.07. The lowest BCUT2D eigenvalue weighted by Crippen LogP contribution is -2.28. The Balaban J connectivity index is 1.86. The maximum atomic E-state index is 12.2. The van der Waals surface area contributed by atoms with E-state index in [1.165, 1.54) is 0 Å². The lowest BCUT2D eigenvalue weighted by atomic mass is 10.1. The van der Waals surface area contributed by atoms with Crippen molar-refractivity contribution in [1.82, 2.24) is 16.2 Å². The Hall–Kier alpha value is -4.41. The monoisotopic (exact) mass is 422 g/mol. The van der Waals surface area contributed by atoms with Gasteiger partial charge in [0.2, 0.25) is 11.9 Å². The lowest BCUT2D eigenvalue weighted by molar-refractivity contribution is 0.251. The van der Waals surface area contributed by atoms with Crippen LogP contribution in [0.4, 0.5) is 10.5 Å². The van der Waals surface area contributed by atoms with Crippen LogP contribution in [0.2, 0.25) is 0 Å². The molecule has 0 radical (unpaired) electrons. The SMILES string of the molecule is C/C(=N\NC(=N)N)c1ccc(CNC(=O)Nc2ccc(/C(C)=N/NC(=N)N)cc2)cc1. The first-order valence-electron chi connectivity index (χ1n) is 9.28. The van der Waals surface area contributed by atoms with Gasteiger partial charge in [0.25, 0.3) is 0 Å². The molecule has 0 saturated heterocycles. The molecule has 0 fully saturated rings. The highest BCUT2D eigenvalue weighted by molar-refractivity contribution is 6.00. The van der Waals surface area contributed by atoms with Crippen molar-refractivity contribution in [3.8, 4) is 0 Å². The van der Waals surface area contributed by atoms with Crippen molar-refractivity contribution < 1.29 is 4.79 Å². The van der Waals surface area contributed by atoms with Gasteiger partial charge in [-0.05, 0) is 42.7 Å². The number of benzene rings is 2. The van der Waals surface area contributed by atoms with Crippen molar-refractivity contribution in [2.45, 2.75) is 20.4 Å². The first-order valence-corrected chi connectivity index (χ1v) is 9.28. The molecular weight excluding hydrogens is 396 g/mol. The molecule has 2 aromatic carbocycles. The molecule has 162 valence electrons. The number of urea groups is 1. The average molecular weight is 422 g/mol. The Morgan fingerprint density at radius 3 is 1.74 bits per heavy atom. The van der Waals surface area contributed by atoms with Crippen LogP contribution in [0.25, 0.3) is 0 Å². The van der Waals surface area contributed by atoms with Gasteiger partial charge in [0.1, 0.15) is 0 Å². The van der Waals surface area contributed by atoms with Gasteiger partial charge in [-0.3, -0.25) is 10.8 Å². The molecule has 0 heterocycles. The van der Waals surface area contributed by atoms with E-state index in [-0.39, 0.29) is 18.0 Å². The van der Waals surface area contributed by atoms with Crippen molar-refractivity contribution >= 4 is 35.1 Å². The van der Waals surface area contributed by atoms with Crippen LogP contribution in [0.3, 0.4) is 0 Å². The molecule has 0 bridgehead atoms. The molecule has 0 atom stereocenters. The third kappa shape index (κ3) is 7.85. The van der Waals surface area contributed by atoms with Gasteiger partial charge < -0.3 is 22.1 Å². The Morgan fingerprint density at radius 2 is 1.29 bits per heavy atom. The second-order valence-corrected chi connectivity index (χ2v) is 6.53. The molecule has 11 heteroatoms. The van der Waals surface area contributed by atoms with Gasteiger partial charge in [-0.15, -0.1) is 0 Å². The number of guanidine groups is 2. The fourth-order valence-corrected chi connectivity index (χ4v) is 2.43. The zero-order valence-corrected chi connectivity index (χ0v) is 17.3. The number of rotatable bonds is 7. The van der Waals surface area contributed by atoms with Crippen LogP contribution < -0.4 is 33.0 Å². The molecule has 10 N–H and O–H groups in total. The third-order valence-electron chi connectivity index (χ3n) is 4.07. The van der Waals surface area contributed by atoms with E-state index in [1.807, 2.05) is 24.3 Å². The number of anilines is 1. The van der Waals surface area contributed by atoms with Gasteiger partial charge >= 0.3 is 6.03 Å². The molecule has 0 aliphatic carbocycles. The van der Waals surface area contributed by atoms with Crippen molar-refractivity contribution in [2.75, 3.05) is 5.32 Å². The summed E-state index contributed by atoms with van der Waals surface area (Å²) in [7, 11) is 0. The van der Waals surface area contributed by atoms with Crippen molar-refractivity contribution in [1.29, 1.82) is 10.8 Å². The molecule has 2 aromatic rings.